The molecule has 2 heterocycles. The highest BCUT2D eigenvalue weighted by Crippen LogP contribution is 2.29. The van der Waals surface area contributed by atoms with Crippen LogP contribution in [0.5, 0.6) is 0 Å². The van der Waals surface area contributed by atoms with E-state index in [1.165, 1.54) is 6.92 Å². The Morgan fingerprint density at radius 3 is 2.42 bits per heavy atom. The SMILES string of the molecule is C[C@@H]1NC(=O)CN[C@]2(CNC(=O)CNC1=O)[C@H](O)[C@@H](CO)O[C@H](O)[C@@H]2O. The lowest BCUT2D eigenvalue weighted by Gasteiger charge is -2.50. The van der Waals surface area contributed by atoms with Crippen molar-refractivity contribution < 1.29 is 39.5 Å². The second-order valence-corrected chi connectivity index (χ2v) is 6.32. The average Bonchev–Trinajstić information content (AvgIpc) is 2.61. The molecule has 0 radical (unpaired) electrons. The van der Waals surface area contributed by atoms with Crippen LogP contribution in [0.25, 0.3) is 0 Å². The Morgan fingerprint density at radius 1 is 1.08 bits per heavy atom. The van der Waals surface area contributed by atoms with Gasteiger partial charge in [-0.1, -0.05) is 0 Å². The number of aliphatic hydroxyl groups is 4. The number of aliphatic hydroxyl groups excluding tert-OH is 4. The zero-order valence-electron chi connectivity index (χ0n) is 14.1. The smallest absolute Gasteiger partial charge is 0.242 e. The third kappa shape index (κ3) is 4.11. The van der Waals surface area contributed by atoms with E-state index in [1.54, 1.807) is 0 Å². The van der Waals surface area contributed by atoms with Gasteiger partial charge >= 0.3 is 0 Å². The largest absolute Gasteiger partial charge is 0.394 e. The molecule has 2 saturated heterocycles. The van der Waals surface area contributed by atoms with Crippen molar-refractivity contribution in [3.63, 3.8) is 0 Å². The second-order valence-electron chi connectivity index (χ2n) is 6.32. The molecule has 0 aromatic carbocycles. The molecular weight excluding hydrogens is 352 g/mol. The van der Waals surface area contributed by atoms with Gasteiger partial charge in [0, 0.05) is 6.54 Å². The predicted molar refractivity (Wildman–Crippen MR) is 84.3 cm³/mol. The number of hydrogen-bond donors (Lipinski definition) is 8. The minimum absolute atomic E-state index is 0.385. The summed E-state index contributed by atoms with van der Waals surface area (Å²) in [7, 11) is 0. The van der Waals surface area contributed by atoms with Gasteiger partial charge in [0.25, 0.3) is 0 Å². The highest BCUT2D eigenvalue weighted by Gasteiger charge is 2.55. The van der Waals surface area contributed by atoms with E-state index < -0.39 is 73.6 Å². The Morgan fingerprint density at radius 2 is 1.77 bits per heavy atom. The number of rotatable bonds is 1. The topological polar surface area (TPSA) is 189 Å². The molecule has 0 saturated carbocycles. The Kier molecular flexibility index (Phi) is 6.49. The van der Waals surface area contributed by atoms with E-state index in [4.69, 9.17) is 4.74 Å². The molecule has 1 spiro atoms. The van der Waals surface area contributed by atoms with Crippen molar-refractivity contribution in [3.8, 4) is 0 Å². The lowest BCUT2D eigenvalue weighted by molar-refractivity contribution is -0.284. The number of nitrogens with one attached hydrogen (secondary N) is 4. The van der Waals surface area contributed by atoms with Gasteiger partial charge in [-0.3, -0.25) is 19.7 Å². The van der Waals surface area contributed by atoms with Crippen LogP contribution in [0.4, 0.5) is 0 Å². The van der Waals surface area contributed by atoms with Crippen LogP contribution >= 0.6 is 0 Å². The van der Waals surface area contributed by atoms with E-state index >= 15 is 0 Å². The van der Waals surface area contributed by atoms with Crippen LogP contribution in [0.15, 0.2) is 0 Å². The zero-order valence-corrected chi connectivity index (χ0v) is 14.1. The summed E-state index contributed by atoms with van der Waals surface area (Å²) in [4.78, 5) is 35.7. The first kappa shape index (κ1) is 20.5. The maximum atomic E-state index is 12.0. The van der Waals surface area contributed by atoms with Gasteiger partial charge in [-0.2, -0.15) is 0 Å². The van der Waals surface area contributed by atoms with Gasteiger partial charge in [-0.15, -0.1) is 0 Å². The molecule has 148 valence electrons. The van der Waals surface area contributed by atoms with Crippen LogP contribution < -0.4 is 21.3 Å². The number of ether oxygens (including phenoxy) is 1. The van der Waals surface area contributed by atoms with E-state index in [0.29, 0.717) is 0 Å². The fourth-order valence-corrected chi connectivity index (χ4v) is 2.94. The molecular formula is C14H24N4O8. The molecule has 0 aromatic heterocycles. The summed E-state index contributed by atoms with van der Waals surface area (Å²) in [6.07, 6.45) is -6.31. The number of carbonyl (C=O) groups is 3. The van der Waals surface area contributed by atoms with Crippen LogP contribution in [-0.4, -0.2) is 101 Å². The van der Waals surface area contributed by atoms with Crippen LogP contribution in [0.2, 0.25) is 0 Å². The van der Waals surface area contributed by atoms with Crippen LogP contribution in [0, 0.1) is 0 Å². The first-order valence-corrected chi connectivity index (χ1v) is 8.10. The van der Waals surface area contributed by atoms with Gasteiger partial charge in [0.05, 0.1) is 25.2 Å². The number of carbonyl (C=O) groups excluding carboxylic acids is 3. The van der Waals surface area contributed by atoms with Crippen molar-refractivity contribution in [2.45, 2.75) is 43.1 Å². The highest BCUT2D eigenvalue weighted by atomic mass is 16.6. The minimum atomic E-state index is -1.77. The van der Waals surface area contributed by atoms with Gasteiger partial charge in [0.1, 0.15) is 24.4 Å². The summed E-state index contributed by atoms with van der Waals surface area (Å²) in [5.41, 5.74) is -1.77. The lowest BCUT2D eigenvalue weighted by Crippen LogP contribution is -2.77. The van der Waals surface area contributed by atoms with Crippen molar-refractivity contribution in [3.05, 3.63) is 0 Å². The number of hydrogen-bond acceptors (Lipinski definition) is 9. The van der Waals surface area contributed by atoms with Gasteiger partial charge in [-0.05, 0) is 6.92 Å². The third-order valence-corrected chi connectivity index (χ3v) is 4.52. The van der Waals surface area contributed by atoms with Gasteiger partial charge < -0.3 is 41.1 Å². The summed E-state index contributed by atoms with van der Waals surface area (Å²) in [6.45, 7) is -0.460. The standard InChI is InChI=1S/C14H24N4O8/c1-6-12(24)15-2-8(20)16-5-14(17-3-9(21)18-6)10(22)7(4-19)26-13(25)11(14)23/h6-7,10-11,13,17,19,22-23,25H,2-5H2,1H3,(H,15,24)(H,16,20)(H,18,21)/t6-,7+,10+,11-,13-,14+/m0/s1. The molecule has 0 unspecified atom stereocenters. The Balaban J connectivity index is 2.30. The summed E-state index contributed by atoms with van der Waals surface area (Å²) in [6, 6.07) is -0.909. The van der Waals surface area contributed by atoms with E-state index in [-0.39, 0.29) is 6.54 Å². The molecule has 0 bridgehead atoms. The van der Waals surface area contributed by atoms with Gasteiger partial charge in [-0.25, -0.2) is 0 Å². The van der Waals surface area contributed by atoms with E-state index in [2.05, 4.69) is 21.3 Å². The molecule has 0 aliphatic carbocycles. The van der Waals surface area contributed by atoms with Crippen LogP contribution in [0.1, 0.15) is 6.92 Å². The average molecular weight is 376 g/mol. The van der Waals surface area contributed by atoms with Crippen molar-refractivity contribution in [1.82, 2.24) is 21.3 Å². The van der Waals surface area contributed by atoms with Crippen molar-refractivity contribution in [2.24, 2.45) is 0 Å². The maximum absolute atomic E-state index is 12.0. The summed E-state index contributed by atoms with van der Waals surface area (Å²) in [5.74, 6) is -1.77. The van der Waals surface area contributed by atoms with Crippen molar-refractivity contribution >= 4 is 17.7 Å². The van der Waals surface area contributed by atoms with Crippen molar-refractivity contribution in [2.75, 3.05) is 26.2 Å². The van der Waals surface area contributed by atoms with Gasteiger partial charge in [0.2, 0.25) is 17.7 Å². The molecule has 0 aromatic rings. The molecule has 2 aliphatic heterocycles. The number of amides is 3. The predicted octanol–water partition coefficient (Wildman–Crippen LogP) is -5.50. The molecule has 12 nitrogen and oxygen atoms in total. The molecule has 26 heavy (non-hydrogen) atoms. The second kappa shape index (κ2) is 8.24. The summed E-state index contributed by atoms with van der Waals surface area (Å²) >= 11 is 0. The molecule has 2 rings (SSSR count). The summed E-state index contributed by atoms with van der Waals surface area (Å²) in [5, 5.41) is 50.0. The van der Waals surface area contributed by atoms with Gasteiger partial charge in [0.15, 0.2) is 6.29 Å². The normalized spacial score (nSPS) is 40.0. The van der Waals surface area contributed by atoms with Crippen molar-refractivity contribution in [1.29, 1.82) is 0 Å². The van der Waals surface area contributed by atoms with E-state index in [0.717, 1.165) is 0 Å². The minimum Gasteiger partial charge on any atom is -0.394 e. The monoisotopic (exact) mass is 376 g/mol. The molecule has 2 fully saturated rings. The Hall–Kier alpha value is -1.83. The fraction of sp³-hybridized carbons (Fsp3) is 0.786. The lowest BCUT2D eigenvalue weighted by atomic mass is 9.80. The molecule has 2 aliphatic rings. The molecule has 6 atom stereocenters. The summed E-state index contributed by atoms with van der Waals surface area (Å²) < 4.78 is 4.94. The Labute approximate surface area is 148 Å². The maximum Gasteiger partial charge on any atom is 0.242 e. The molecule has 8 N–H and O–H groups in total. The Bertz CT molecular complexity index is 561. The highest BCUT2D eigenvalue weighted by molar-refractivity contribution is 5.90. The zero-order chi connectivity index (χ0) is 19.5. The fourth-order valence-electron chi connectivity index (χ4n) is 2.94. The van der Waals surface area contributed by atoms with Crippen LogP contribution in [0.3, 0.4) is 0 Å². The first-order valence-electron chi connectivity index (χ1n) is 8.10. The molecule has 12 heteroatoms. The first-order chi connectivity index (χ1) is 12.2. The van der Waals surface area contributed by atoms with E-state index in [9.17, 15) is 34.8 Å². The van der Waals surface area contributed by atoms with E-state index in [1.807, 2.05) is 0 Å². The third-order valence-electron chi connectivity index (χ3n) is 4.52. The molecule has 3 amide bonds. The quantitative estimate of drug-likeness (QED) is 0.221. The van der Waals surface area contributed by atoms with Crippen LogP contribution in [-0.2, 0) is 19.1 Å².